The van der Waals surface area contributed by atoms with Gasteiger partial charge >= 0.3 is 6.09 Å². The fraction of sp³-hybridized carbons (Fsp3) is 0.500. The van der Waals surface area contributed by atoms with Crippen molar-refractivity contribution >= 4 is 57.0 Å². The van der Waals surface area contributed by atoms with Gasteiger partial charge in [0.05, 0.1) is 39.8 Å². The van der Waals surface area contributed by atoms with E-state index in [1.54, 1.807) is 18.2 Å². The highest BCUT2D eigenvalue weighted by Crippen LogP contribution is 2.59. The van der Waals surface area contributed by atoms with Crippen molar-refractivity contribution in [2.75, 3.05) is 6.54 Å². The van der Waals surface area contributed by atoms with Crippen LogP contribution in [0.25, 0.3) is 32.9 Å². The standard InChI is InChI=1S/C40H40Cl2FN5O3/c1-19-25-17-30(29-15-22-14-28(22)47(29)38(49)20-10-11-20)48(36-23-16-31(36)46(18-23)39(50)51-40(2,3)4)37(25)26-13-21(7-6-12-44)32(34(43)35(26)45-19)24-8-5-9-27(41)33(24)42/h5,8-9,13,17,20,22-23,28-29,31,36H,6-7,10-11,14-16,18H2,1-4H3. The molecule has 11 heteroatoms. The number of pyridine rings is 1. The van der Waals surface area contributed by atoms with E-state index >= 15 is 4.39 Å². The lowest BCUT2D eigenvalue weighted by Crippen LogP contribution is -2.45. The fourth-order valence-corrected chi connectivity index (χ4v) is 9.74. The molecular weight excluding hydrogens is 688 g/mol. The molecule has 4 aromatic rings. The van der Waals surface area contributed by atoms with E-state index in [2.05, 4.69) is 21.6 Å². The number of amides is 2. The topological polar surface area (TPSA) is 91.5 Å². The van der Waals surface area contributed by atoms with E-state index in [4.69, 9.17) is 32.9 Å². The Kier molecular flexibility index (Phi) is 7.48. The van der Waals surface area contributed by atoms with Crippen LogP contribution in [0.1, 0.15) is 88.3 Å². The molecule has 2 aromatic heterocycles. The van der Waals surface area contributed by atoms with Gasteiger partial charge in [-0.05, 0) is 95.9 Å². The highest BCUT2D eigenvalue weighted by atomic mass is 35.5. The van der Waals surface area contributed by atoms with Gasteiger partial charge in [-0.25, -0.2) is 14.2 Å². The number of fused-ring (bicyclic) bond motifs is 5. The maximum atomic E-state index is 17.2. The molecule has 6 aliphatic rings. The number of benzene rings is 2. The number of likely N-dealkylation sites (tertiary alicyclic amines) is 1. The molecule has 0 spiro atoms. The minimum atomic E-state index is -0.626. The van der Waals surface area contributed by atoms with Crippen molar-refractivity contribution in [2.24, 2.45) is 17.8 Å². The zero-order valence-corrected chi connectivity index (χ0v) is 30.7. The van der Waals surface area contributed by atoms with Crippen molar-refractivity contribution in [3.05, 3.63) is 63.1 Å². The number of nitriles is 1. The van der Waals surface area contributed by atoms with Crippen molar-refractivity contribution in [2.45, 2.75) is 102 Å². The van der Waals surface area contributed by atoms with Gasteiger partial charge in [0, 0.05) is 64.1 Å². The fourth-order valence-electron chi connectivity index (χ4n) is 9.34. The summed E-state index contributed by atoms with van der Waals surface area (Å²) < 4.78 is 25.4. The summed E-state index contributed by atoms with van der Waals surface area (Å²) in [6, 6.07) is 11.5. The van der Waals surface area contributed by atoms with Gasteiger partial charge in [0.25, 0.3) is 0 Å². The predicted molar refractivity (Wildman–Crippen MR) is 194 cm³/mol. The van der Waals surface area contributed by atoms with E-state index < -0.39 is 11.4 Å². The molecule has 5 heterocycles. The van der Waals surface area contributed by atoms with Gasteiger partial charge in [-0.1, -0.05) is 35.3 Å². The van der Waals surface area contributed by atoms with E-state index in [1.807, 2.05) is 38.7 Å². The summed E-state index contributed by atoms with van der Waals surface area (Å²) in [5.74, 6) is 0.503. The number of carbonyl (C=O) groups is 2. The Morgan fingerprint density at radius 3 is 2.57 bits per heavy atom. The zero-order chi connectivity index (χ0) is 35.7. The Morgan fingerprint density at radius 1 is 1.08 bits per heavy atom. The highest BCUT2D eigenvalue weighted by Gasteiger charge is 2.60. The number of hydrogen-bond donors (Lipinski definition) is 0. The molecule has 2 amide bonds. The van der Waals surface area contributed by atoms with Crippen molar-refractivity contribution < 1.29 is 18.7 Å². The predicted octanol–water partition coefficient (Wildman–Crippen LogP) is 9.32. The lowest BCUT2D eigenvalue weighted by atomic mass is 9.79. The number of rotatable bonds is 6. The lowest BCUT2D eigenvalue weighted by Gasteiger charge is -2.41. The van der Waals surface area contributed by atoms with Crippen LogP contribution in [0.2, 0.25) is 10.0 Å². The van der Waals surface area contributed by atoms with Gasteiger partial charge in [0.15, 0.2) is 5.82 Å². The molecule has 2 bridgehead atoms. The number of halogens is 3. The summed E-state index contributed by atoms with van der Waals surface area (Å²) in [7, 11) is 0. The maximum absolute atomic E-state index is 17.2. The van der Waals surface area contributed by atoms with Gasteiger partial charge in [-0.2, -0.15) is 5.26 Å². The third-order valence-corrected chi connectivity index (χ3v) is 12.7. The van der Waals surface area contributed by atoms with E-state index in [9.17, 15) is 14.9 Å². The second kappa shape index (κ2) is 11.6. The summed E-state index contributed by atoms with van der Waals surface area (Å²) in [4.78, 5) is 36.3. The molecule has 3 saturated carbocycles. The molecule has 51 heavy (non-hydrogen) atoms. The first-order valence-electron chi connectivity index (χ1n) is 18.2. The molecule has 10 rings (SSSR count). The summed E-state index contributed by atoms with van der Waals surface area (Å²) in [6.45, 7) is 8.12. The van der Waals surface area contributed by atoms with Gasteiger partial charge in [-0.3, -0.25) is 4.79 Å². The van der Waals surface area contributed by atoms with Crippen LogP contribution in [0.5, 0.6) is 0 Å². The summed E-state index contributed by atoms with van der Waals surface area (Å²) in [5.41, 5.74) is 3.57. The molecule has 6 atom stereocenters. The Morgan fingerprint density at radius 2 is 1.84 bits per heavy atom. The minimum Gasteiger partial charge on any atom is -0.444 e. The monoisotopic (exact) mass is 727 g/mol. The van der Waals surface area contributed by atoms with Crippen LogP contribution in [-0.4, -0.2) is 55.6 Å². The van der Waals surface area contributed by atoms with Crippen LogP contribution < -0.4 is 0 Å². The van der Waals surface area contributed by atoms with Crippen molar-refractivity contribution in [1.29, 1.82) is 5.26 Å². The quantitative estimate of drug-likeness (QED) is 0.197. The van der Waals surface area contributed by atoms with E-state index in [-0.39, 0.29) is 65.0 Å². The third kappa shape index (κ3) is 5.15. The largest absolute Gasteiger partial charge is 0.444 e. The van der Waals surface area contributed by atoms with Gasteiger partial charge in [-0.15, -0.1) is 0 Å². The molecule has 264 valence electrons. The van der Waals surface area contributed by atoms with Crippen LogP contribution in [0.15, 0.2) is 30.3 Å². The van der Waals surface area contributed by atoms with Gasteiger partial charge < -0.3 is 19.1 Å². The second-order valence-electron chi connectivity index (χ2n) is 16.3. The number of hydrogen-bond acceptors (Lipinski definition) is 5. The zero-order valence-electron chi connectivity index (χ0n) is 29.2. The van der Waals surface area contributed by atoms with E-state index in [0.29, 0.717) is 51.7 Å². The molecule has 2 aromatic carbocycles. The molecular formula is C40H40Cl2FN5O3. The molecule has 8 nitrogen and oxygen atoms in total. The Hall–Kier alpha value is -3.87. The van der Waals surface area contributed by atoms with Crippen LogP contribution in [0.3, 0.4) is 0 Å². The Labute approximate surface area is 306 Å². The number of aromatic nitrogens is 2. The summed E-state index contributed by atoms with van der Waals surface area (Å²) >= 11 is 13.1. The van der Waals surface area contributed by atoms with Crippen LogP contribution in [-0.2, 0) is 16.0 Å². The number of ether oxygens (including phenoxy) is 1. The summed E-state index contributed by atoms with van der Waals surface area (Å²) in [5, 5.41) is 11.7. The average molecular weight is 729 g/mol. The number of carbonyl (C=O) groups excluding carboxylic acids is 2. The first-order chi connectivity index (χ1) is 24.4. The second-order valence-corrected chi connectivity index (χ2v) is 17.1. The van der Waals surface area contributed by atoms with Crippen molar-refractivity contribution in [3.63, 3.8) is 0 Å². The Bertz CT molecular complexity index is 2220. The molecule has 0 radical (unpaired) electrons. The SMILES string of the molecule is Cc1nc2c(F)c(-c3cccc(Cl)c3Cl)c(CCC#N)cc2c2c1cc(C1CC3CC3N1C(=O)C1CC1)n2C1C2CC1N(C(=O)OC(C)(C)C)C2. The number of piperidine rings is 1. The third-order valence-electron chi connectivity index (χ3n) is 11.8. The minimum absolute atomic E-state index is 0.0718. The van der Waals surface area contributed by atoms with Crippen molar-refractivity contribution in [1.82, 2.24) is 19.4 Å². The highest BCUT2D eigenvalue weighted by molar-refractivity contribution is 6.43. The molecule has 3 aliphatic heterocycles. The van der Waals surface area contributed by atoms with Gasteiger partial charge in [0.2, 0.25) is 5.91 Å². The lowest BCUT2D eigenvalue weighted by molar-refractivity contribution is -0.134. The van der Waals surface area contributed by atoms with Crippen LogP contribution >= 0.6 is 23.2 Å². The van der Waals surface area contributed by atoms with E-state index in [1.165, 1.54) is 0 Å². The normalized spacial score (nSPS) is 26.4. The molecule has 3 saturated heterocycles. The van der Waals surface area contributed by atoms with Gasteiger partial charge in [0.1, 0.15) is 11.1 Å². The number of nitrogens with zero attached hydrogens (tertiary/aromatic N) is 5. The van der Waals surface area contributed by atoms with Crippen LogP contribution in [0, 0.1) is 41.8 Å². The van der Waals surface area contributed by atoms with Crippen LogP contribution in [0.4, 0.5) is 9.18 Å². The summed E-state index contributed by atoms with van der Waals surface area (Å²) in [6.07, 6.45) is 4.84. The first-order valence-corrected chi connectivity index (χ1v) is 18.9. The molecule has 0 N–H and O–H groups in total. The molecule has 6 unspecified atom stereocenters. The van der Waals surface area contributed by atoms with Crippen molar-refractivity contribution in [3.8, 4) is 17.2 Å². The molecule has 3 aliphatic carbocycles. The first kappa shape index (κ1) is 33.0. The number of aryl methyl sites for hydroxylation is 2. The Balaban J connectivity index is 1.28. The van der Waals surface area contributed by atoms with E-state index in [0.717, 1.165) is 48.7 Å². The maximum Gasteiger partial charge on any atom is 0.410 e. The average Bonchev–Trinajstić information content (AvgIpc) is 3.88. The molecule has 6 fully saturated rings. The smallest absolute Gasteiger partial charge is 0.410 e.